The van der Waals surface area contributed by atoms with E-state index >= 15 is 0 Å². The molecule has 2 nitrogen and oxygen atoms in total. The maximum Gasteiger partial charge on any atom is 0.0475 e. The number of aromatic nitrogens is 1. The smallest absolute Gasteiger partial charge is 0.0475 e. The minimum Gasteiger partial charge on any atom is -0.298 e. The molecule has 0 aliphatic carbocycles. The van der Waals surface area contributed by atoms with Gasteiger partial charge in [0, 0.05) is 35.3 Å². The molecule has 1 saturated heterocycles. The SMILES string of the molecule is ClC1CCN(Cc2cncc(Br)c2)C1. The number of pyridine rings is 1. The van der Waals surface area contributed by atoms with Gasteiger partial charge in [-0.05, 0) is 40.5 Å². The van der Waals surface area contributed by atoms with Crippen LogP contribution in [0.4, 0.5) is 0 Å². The van der Waals surface area contributed by atoms with Gasteiger partial charge >= 0.3 is 0 Å². The summed E-state index contributed by atoms with van der Waals surface area (Å²) in [4.78, 5) is 6.50. The first kappa shape index (κ1) is 10.4. The third-order valence-corrected chi connectivity index (χ3v) is 3.17. The summed E-state index contributed by atoms with van der Waals surface area (Å²) in [5.41, 5.74) is 1.24. The van der Waals surface area contributed by atoms with Gasteiger partial charge in [-0.3, -0.25) is 9.88 Å². The molecule has 0 saturated carbocycles. The molecule has 0 radical (unpaired) electrons. The normalized spacial score (nSPS) is 22.9. The summed E-state index contributed by atoms with van der Waals surface area (Å²) in [6, 6.07) is 2.11. The van der Waals surface area contributed by atoms with E-state index in [-0.39, 0.29) is 0 Å². The molecule has 1 unspecified atom stereocenters. The molecule has 1 aromatic rings. The number of rotatable bonds is 2. The number of hydrogen-bond acceptors (Lipinski definition) is 2. The van der Waals surface area contributed by atoms with Gasteiger partial charge in [0.15, 0.2) is 0 Å². The van der Waals surface area contributed by atoms with E-state index in [1.54, 1.807) is 6.20 Å². The number of likely N-dealkylation sites (tertiary alicyclic amines) is 1. The van der Waals surface area contributed by atoms with Crippen molar-refractivity contribution in [1.29, 1.82) is 0 Å². The molecule has 1 fully saturated rings. The van der Waals surface area contributed by atoms with Crippen LogP contribution in [0, 0.1) is 0 Å². The molecular weight excluding hydrogens is 263 g/mol. The van der Waals surface area contributed by atoms with E-state index in [0.29, 0.717) is 5.38 Å². The number of halogens is 2. The first-order chi connectivity index (χ1) is 6.74. The Kier molecular flexibility index (Phi) is 3.42. The molecule has 1 aliphatic heterocycles. The lowest BCUT2D eigenvalue weighted by atomic mass is 10.3. The average Bonchev–Trinajstić information content (AvgIpc) is 2.51. The molecule has 14 heavy (non-hydrogen) atoms. The topological polar surface area (TPSA) is 16.1 Å². The number of nitrogens with zero attached hydrogens (tertiary/aromatic N) is 2. The lowest BCUT2D eigenvalue weighted by molar-refractivity contribution is 0.331. The maximum absolute atomic E-state index is 6.04. The Hall–Kier alpha value is -0.120. The van der Waals surface area contributed by atoms with E-state index in [9.17, 15) is 0 Å². The molecule has 76 valence electrons. The van der Waals surface area contributed by atoms with Crippen molar-refractivity contribution in [1.82, 2.24) is 9.88 Å². The lowest BCUT2D eigenvalue weighted by Gasteiger charge is -2.14. The van der Waals surface area contributed by atoms with Crippen molar-refractivity contribution in [3.05, 3.63) is 28.5 Å². The molecule has 0 N–H and O–H groups in total. The fourth-order valence-corrected chi connectivity index (χ4v) is 2.43. The van der Waals surface area contributed by atoms with Crippen LogP contribution < -0.4 is 0 Å². The summed E-state index contributed by atoms with van der Waals surface area (Å²) in [6.07, 6.45) is 4.81. The van der Waals surface area contributed by atoms with E-state index in [1.165, 1.54) is 5.56 Å². The second-order valence-corrected chi connectivity index (χ2v) is 5.17. The summed E-state index contributed by atoms with van der Waals surface area (Å²) in [5, 5.41) is 0.329. The summed E-state index contributed by atoms with van der Waals surface area (Å²) in [5.74, 6) is 0. The second kappa shape index (κ2) is 4.60. The Bertz CT molecular complexity index is 319. The summed E-state index contributed by atoms with van der Waals surface area (Å²) in [6.45, 7) is 3.05. The second-order valence-electron chi connectivity index (χ2n) is 3.63. The van der Waals surface area contributed by atoms with Crippen LogP contribution in [0.1, 0.15) is 12.0 Å². The van der Waals surface area contributed by atoms with Crippen molar-refractivity contribution >= 4 is 27.5 Å². The van der Waals surface area contributed by atoms with Gasteiger partial charge in [-0.1, -0.05) is 0 Å². The van der Waals surface area contributed by atoms with Crippen LogP contribution in [0.15, 0.2) is 22.9 Å². The molecule has 1 aromatic heterocycles. The highest BCUT2D eigenvalue weighted by Gasteiger charge is 2.19. The number of alkyl halides is 1. The first-order valence-electron chi connectivity index (χ1n) is 4.70. The van der Waals surface area contributed by atoms with E-state index in [0.717, 1.165) is 30.5 Å². The third-order valence-electron chi connectivity index (χ3n) is 2.38. The van der Waals surface area contributed by atoms with Crippen molar-refractivity contribution in [2.75, 3.05) is 13.1 Å². The van der Waals surface area contributed by atoms with Crippen molar-refractivity contribution in [2.24, 2.45) is 0 Å². The highest BCUT2D eigenvalue weighted by atomic mass is 79.9. The first-order valence-corrected chi connectivity index (χ1v) is 5.93. The average molecular weight is 276 g/mol. The van der Waals surface area contributed by atoms with Crippen LogP contribution in [0.25, 0.3) is 0 Å². The fraction of sp³-hybridized carbons (Fsp3) is 0.500. The van der Waals surface area contributed by atoms with Crippen LogP contribution in [-0.2, 0) is 6.54 Å². The van der Waals surface area contributed by atoms with Crippen LogP contribution in [0.2, 0.25) is 0 Å². The Labute approximate surface area is 97.4 Å². The molecule has 2 heterocycles. The molecule has 0 spiro atoms. The predicted octanol–water partition coefficient (Wildman–Crippen LogP) is 2.66. The van der Waals surface area contributed by atoms with Gasteiger partial charge in [-0.25, -0.2) is 0 Å². The van der Waals surface area contributed by atoms with Crippen molar-refractivity contribution in [2.45, 2.75) is 18.3 Å². The summed E-state index contributed by atoms with van der Waals surface area (Å²) in [7, 11) is 0. The van der Waals surface area contributed by atoms with E-state index in [1.807, 2.05) is 6.20 Å². The number of hydrogen-bond donors (Lipinski definition) is 0. The van der Waals surface area contributed by atoms with Crippen LogP contribution >= 0.6 is 27.5 Å². The van der Waals surface area contributed by atoms with E-state index in [2.05, 4.69) is 31.9 Å². The Morgan fingerprint density at radius 2 is 2.43 bits per heavy atom. The zero-order valence-corrected chi connectivity index (χ0v) is 10.1. The van der Waals surface area contributed by atoms with E-state index in [4.69, 9.17) is 11.6 Å². The highest BCUT2D eigenvalue weighted by molar-refractivity contribution is 9.10. The molecule has 2 rings (SSSR count). The van der Waals surface area contributed by atoms with Crippen molar-refractivity contribution < 1.29 is 0 Å². The molecule has 0 bridgehead atoms. The van der Waals surface area contributed by atoms with E-state index < -0.39 is 0 Å². The van der Waals surface area contributed by atoms with Crippen LogP contribution in [-0.4, -0.2) is 28.4 Å². The zero-order chi connectivity index (χ0) is 9.97. The van der Waals surface area contributed by atoms with Gasteiger partial charge in [-0.2, -0.15) is 0 Å². The molecule has 0 amide bonds. The predicted molar refractivity (Wildman–Crippen MR) is 61.5 cm³/mol. The van der Waals surface area contributed by atoms with Crippen LogP contribution in [0.5, 0.6) is 0 Å². The van der Waals surface area contributed by atoms with Gasteiger partial charge in [0.25, 0.3) is 0 Å². The molecule has 0 aromatic carbocycles. The summed E-state index contributed by atoms with van der Waals surface area (Å²) >= 11 is 9.45. The third kappa shape index (κ3) is 2.69. The zero-order valence-electron chi connectivity index (χ0n) is 7.79. The quantitative estimate of drug-likeness (QED) is 0.772. The monoisotopic (exact) mass is 274 g/mol. The van der Waals surface area contributed by atoms with Gasteiger partial charge in [0.2, 0.25) is 0 Å². The molecule has 4 heteroatoms. The van der Waals surface area contributed by atoms with Gasteiger partial charge in [-0.15, -0.1) is 11.6 Å². The minimum atomic E-state index is 0.329. The largest absolute Gasteiger partial charge is 0.298 e. The van der Waals surface area contributed by atoms with Gasteiger partial charge < -0.3 is 0 Å². The van der Waals surface area contributed by atoms with Gasteiger partial charge in [0.05, 0.1) is 0 Å². The Balaban J connectivity index is 1.97. The summed E-state index contributed by atoms with van der Waals surface area (Å²) < 4.78 is 1.04. The van der Waals surface area contributed by atoms with Crippen molar-refractivity contribution in [3.63, 3.8) is 0 Å². The standard InChI is InChI=1S/C10H12BrClN2/c11-9-3-8(4-13-5-9)6-14-2-1-10(12)7-14/h3-5,10H,1-2,6-7H2. The molecule has 1 aliphatic rings. The molecular formula is C10H12BrClN2. The van der Waals surface area contributed by atoms with Gasteiger partial charge in [0.1, 0.15) is 0 Å². The highest BCUT2D eigenvalue weighted by Crippen LogP contribution is 2.18. The van der Waals surface area contributed by atoms with Crippen LogP contribution in [0.3, 0.4) is 0 Å². The lowest BCUT2D eigenvalue weighted by Crippen LogP contribution is -2.20. The maximum atomic E-state index is 6.04. The fourth-order valence-electron chi connectivity index (χ4n) is 1.73. The minimum absolute atomic E-state index is 0.329. The van der Waals surface area contributed by atoms with Crippen molar-refractivity contribution in [3.8, 4) is 0 Å². The Morgan fingerprint density at radius 1 is 1.57 bits per heavy atom. The Morgan fingerprint density at radius 3 is 3.07 bits per heavy atom. The molecule has 1 atom stereocenters.